The molecule has 0 aliphatic carbocycles. The molecule has 5 aromatic rings. The van der Waals surface area contributed by atoms with E-state index in [1.807, 2.05) is 18.3 Å². The van der Waals surface area contributed by atoms with Gasteiger partial charge in [0, 0.05) is 32.5 Å². The SMILES string of the molecule is Cc1cnc2c3[c-]cccc3c3ccccc3c2c1.O=C(O)c1ccccn1.[Ir]. The number of hydrogen-bond acceptors (Lipinski definition) is 3. The number of aromatic nitrogens is 2. The van der Waals surface area contributed by atoms with Crippen LogP contribution in [0.4, 0.5) is 0 Å². The zero-order chi connectivity index (χ0) is 19.5. The van der Waals surface area contributed by atoms with Crippen molar-refractivity contribution in [2.45, 2.75) is 6.92 Å². The molecule has 0 atom stereocenters. The van der Waals surface area contributed by atoms with Gasteiger partial charge >= 0.3 is 5.97 Å². The summed E-state index contributed by atoms with van der Waals surface area (Å²) in [5, 5.41) is 14.4. The van der Waals surface area contributed by atoms with Gasteiger partial charge in [-0.1, -0.05) is 47.2 Å². The molecule has 0 aliphatic rings. The predicted octanol–water partition coefficient (Wildman–Crippen LogP) is 5.43. The second-order valence-corrected chi connectivity index (χ2v) is 6.43. The van der Waals surface area contributed by atoms with Gasteiger partial charge in [-0.3, -0.25) is 0 Å². The number of carboxylic acid groups (broad SMARTS) is 1. The molecular weight excluding hydrogens is 540 g/mol. The summed E-state index contributed by atoms with van der Waals surface area (Å²) in [7, 11) is 0. The molecule has 4 nitrogen and oxygen atoms in total. The number of aryl methyl sites for hydroxylation is 1. The van der Waals surface area contributed by atoms with Gasteiger partial charge in [0.1, 0.15) is 5.69 Å². The molecule has 0 aliphatic heterocycles. The van der Waals surface area contributed by atoms with Gasteiger partial charge in [0.05, 0.1) is 0 Å². The molecular formula is C24H17IrN2O2-. The number of pyridine rings is 2. The van der Waals surface area contributed by atoms with Gasteiger partial charge in [0.15, 0.2) is 0 Å². The molecule has 1 radical (unpaired) electrons. The van der Waals surface area contributed by atoms with Gasteiger partial charge in [0.2, 0.25) is 0 Å². The Morgan fingerprint density at radius 1 is 0.897 bits per heavy atom. The Labute approximate surface area is 181 Å². The van der Waals surface area contributed by atoms with Crippen LogP contribution in [-0.4, -0.2) is 21.0 Å². The van der Waals surface area contributed by atoms with Crippen molar-refractivity contribution in [1.82, 2.24) is 9.97 Å². The molecule has 0 saturated heterocycles. The van der Waals surface area contributed by atoms with Crippen molar-refractivity contribution in [1.29, 1.82) is 0 Å². The quantitative estimate of drug-likeness (QED) is 0.221. The Balaban J connectivity index is 0.000000205. The van der Waals surface area contributed by atoms with Crippen LogP contribution in [0.2, 0.25) is 0 Å². The van der Waals surface area contributed by atoms with Gasteiger partial charge < -0.3 is 10.1 Å². The molecule has 0 amide bonds. The maximum atomic E-state index is 10.1. The molecule has 0 fully saturated rings. The van der Waals surface area contributed by atoms with Crippen LogP contribution < -0.4 is 0 Å². The van der Waals surface area contributed by atoms with Crippen LogP contribution in [0.5, 0.6) is 0 Å². The number of fused-ring (bicyclic) bond motifs is 6. The molecule has 3 aromatic carbocycles. The zero-order valence-corrected chi connectivity index (χ0v) is 18.0. The van der Waals surface area contributed by atoms with E-state index in [1.165, 1.54) is 39.4 Å². The first kappa shape index (κ1) is 20.6. The molecule has 2 aromatic heterocycles. The van der Waals surface area contributed by atoms with Crippen LogP contribution in [0.25, 0.3) is 32.4 Å². The van der Waals surface area contributed by atoms with Crippen LogP contribution in [0.1, 0.15) is 16.1 Å². The summed E-state index contributed by atoms with van der Waals surface area (Å²) < 4.78 is 0. The Kier molecular flexibility index (Phi) is 6.32. The fourth-order valence-corrected chi connectivity index (χ4v) is 3.27. The molecule has 145 valence electrons. The number of nitrogens with zero attached hydrogens (tertiary/aromatic N) is 2. The van der Waals surface area contributed by atoms with E-state index < -0.39 is 5.97 Å². The Morgan fingerprint density at radius 2 is 1.59 bits per heavy atom. The molecule has 2 heterocycles. The molecule has 0 spiro atoms. The number of carboxylic acids is 1. The summed E-state index contributed by atoms with van der Waals surface area (Å²) in [6.45, 7) is 2.08. The predicted molar refractivity (Wildman–Crippen MR) is 112 cm³/mol. The second kappa shape index (κ2) is 8.91. The maximum absolute atomic E-state index is 10.1. The number of carbonyl (C=O) groups is 1. The van der Waals surface area contributed by atoms with Gasteiger partial charge in [-0.2, -0.15) is 0 Å². The van der Waals surface area contributed by atoms with Crippen LogP contribution in [0, 0.1) is 13.0 Å². The van der Waals surface area contributed by atoms with Crippen molar-refractivity contribution in [3.05, 3.63) is 96.4 Å². The molecule has 29 heavy (non-hydrogen) atoms. The summed E-state index contributed by atoms with van der Waals surface area (Å²) in [6, 6.07) is 25.0. The molecule has 1 N–H and O–H groups in total. The van der Waals surface area contributed by atoms with E-state index in [0.29, 0.717) is 0 Å². The van der Waals surface area contributed by atoms with E-state index in [-0.39, 0.29) is 25.8 Å². The van der Waals surface area contributed by atoms with Gasteiger partial charge in [-0.25, -0.2) is 9.78 Å². The number of hydrogen-bond donors (Lipinski definition) is 1. The number of aromatic carboxylic acids is 1. The molecule has 5 heteroatoms. The first-order valence-electron chi connectivity index (χ1n) is 8.87. The van der Waals surface area contributed by atoms with Crippen molar-refractivity contribution in [2.24, 2.45) is 0 Å². The first-order valence-corrected chi connectivity index (χ1v) is 8.87. The Morgan fingerprint density at radius 3 is 2.24 bits per heavy atom. The van der Waals surface area contributed by atoms with Crippen LogP contribution >= 0.6 is 0 Å². The van der Waals surface area contributed by atoms with Crippen molar-refractivity contribution in [2.75, 3.05) is 0 Å². The third-order valence-electron chi connectivity index (χ3n) is 4.51. The standard InChI is InChI=1S/C18H12N.C6H5NO2.Ir/c1-12-10-17-15-8-3-2-6-13(15)14-7-4-5-9-16(14)18(17)19-11-12;8-6(9)5-3-1-2-4-7-5;/h2-8,10-11H,1H3;1-4H,(H,8,9);/q-1;;. The monoisotopic (exact) mass is 558 g/mol. The average Bonchev–Trinajstić information content (AvgIpc) is 2.75. The topological polar surface area (TPSA) is 63.1 Å². The van der Waals surface area contributed by atoms with E-state index in [2.05, 4.69) is 59.4 Å². The minimum absolute atomic E-state index is 0. The number of benzene rings is 3. The normalized spacial score (nSPS) is 10.2. The average molecular weight is 558 g/mol. The second-order valence-electron chi connectivity index (χ2n) is 6.43. The van der Waals surface area contributed by atoms with Crippen LogP contribution in [0.15, 0.2) is 79.1 Å². The van der Waals surface area contributed by atoms with E-state index in [4.69, 9.17) is 5.11 Å². The fraction of sp³-hybridized carbons (Fsp3) is 0.0417. The fourth-order valence-electron chi connectivity index (χ4n) is 3.27. The van der Waals surface area contributed by atoms with Crippen molar-refractivity contribution < 1.29 is 30.0 Å². The van der Waals surface area contributed by atoms with E-state index >= 15 is 0 Å². The van der Waals surface area contributed by atoms with Gasteiger partial charge in [-0.05, 0) is 40.9 Å². The van der Waals surface area contributed by atoms with E-state index in [9.17, 15) is 4.79 Å². The van der Waals surface area contributed by atoms with Crippen molar-refractivity contribution in [3.8, 4) is 0 Å². The Bertz CT molecular complexity index is 1270. The van der Waals surface area contributed by atoms with Crippen molar-refractivity contribution in [3.63, 3.8) is 0 Å². The summed E-state index contributed by atoms with van der Waals surface area (Å²) in [5.41, 5.74) is 2.31. The smallest absolute Gasteiger partial charge is 0.354 e. The largest absolute Gasteiger partial charge is 0.477 e. The first-order chi connectivity index (χ1) is 13.6. The Hall–Kier alpha value is -3.14. The van der Waals surface area contributed by atoms with Crippen LogP contribution in [0.3, 0.4) is 0 Å². The minimum Gasteiger partial charge on any atom is -0.477 e. The van der Waals surface area contributed by atoms with Crippen LogP contribution in [-0.2, 0) is 20.1 Å². The molecule has 0 saturated carbocycles. The zero-order valence-electron chi connectivity index (χ0n) is 15.6. The third-order valence-corrected chi connectivity index (χ3v) is 4.51. The van der Waals surface area contributed by atoms with Gasteiger partial charge in [-0.15, -0.1) is 29.7 Å². The molecule has 5 rings (SSSR count). The molecule has 0 bridgehead atoms. The minimum atomic E-state index is -0.990. The summed E-state index contributed by atoms with van der Waals surface area (Å²) in [6.07, 6.45) is 3.38. The summed E-state index contributed by atoms with van der Waals surface area (Å²) in [5.74, 6) is -0.990. The summed E-state index contributed by atoms with van der Waals surface area (Å²) in [4.78, 5) is 18.3. The molecule has 0 unspecified atom stereocenters. The van der Waals surface area contributed by atoms with Crippen molar-refractivity contribution >= 4 is 38.4 Å². The van der Waals surface area contributed by atoms with E-state index in [1.54, 1.807) is 12.1 Å². The number of rotatable bonds is 1. The third kappa shape index (κ3) is 4.16. The van der Waals surface area contributed by atoms with Gasteiger partial charge in [0.25, 0.3) is 0 Å². The van der Waals surface area contributed by atoms with E-state index in [0.717, 1.165) is 10.9 Å². The summed E-state index contributed by atoms with van der Waals surface area (Å²) >= 11 is 0. The maximum Gasteiger partial charge on any atom is 0.354 e.